The van der Waals surface area contributed by atoms with E-state index in [1.54, 1.807) is 43.3 Å². The number of amides is 2. The van der Waals surface area contributed by atoms with Crippen LogP contribution < -0.4 is 10.1 Å². The Morgan fingerprint density at radius 3 is 2.70 bits per heavy atom. The van der Waals surface area contributed by atoms with Crippen LogP contribution in [0.1, 0.15) is 17.4 Å². The molecule has 0 radical (unpaired) electrons. The Hall–Kier alpha value is -3.35. The van der Waals surface area contributed by atoms with Crippen molar-refractivity contribution in [2.24, 2.45) is 0 Å². The number of hydrogen-bond acceptors (Lipinski definition) is 3. The fourth-order valence-corrected chi connectivity index (χ4v) is 2.83. The van der Waals surface area contributed by atoms with Gasteiger partial charge in [-0.2, -0.15) is 0 Å². The predicted octanol–water partition coefficient (Wildman–Crippen LogP) is 3.42. The molecule has 7 heteroatoms. The van der Waals surface area contributed by atoms with E-state index in [1.165, 1.54) is 24.1 Å². The molecule has 0 spiro atoms. The van der Waals surface area contributed by atoms with Gasteiger partial charge < -0.3 is 19.9 Å². The number of aromatic amines is 1. The molecule has 3 rings (SSSR count). The number of aromatic nitrogens is 1. The summed E-state index contributed by atoms with van der Waals surface area (Å²) >= 11 is 0. The van der Waals surface area contributed by atoms with Crippen molar-refractivity contribution in [3.63, 3.8) is 0 Å². The van der Waals surface area contributed by atoms with E-state index in [2.05, 4.69) is 10.3 Å². The summed E-state index contributed by atoms with van der Waals surface area (Å²) in [6.07, 6.45) is 0. The van der Waals surface area contributed by atoms with Crippen molar-refractivity contribution in [3.8, 4) is 5.75 Å². The van der Waals surface area contributed by atoms with Gasteiger partial charge in [0, 0.05) is 17.4 Å². The fraction of sp³-hybridized carbons (Fsp3) is 0.200. The molecular weight excluding hydrogens is 349 g/mol. The molecule has 3 aromatic rings. The van der Waals surface area contributed by atoms with E-state index in [-0.39, 0.29) is 24.2 Å². The first kappa shape index (κ1) is 18.4. The Balaban J connectivity index is 1.73. The molecule has 0 aliphatic heterocycles. The van der Waals surface area contributed by atoms with Crippen molar-refractivity contribution in [2.45, 2.75) is 6.92 Å². The van der Waals surface area contributed by atoms with Gasteiger partial charge in [0.2, 0.25) is 5.91 Å². The fourth-order valence-electron chi connectivity index (χ4n) is 2.83. The molecule has 0 aliphatic rings. The predicted molar refractivity (Wildman–Crippen MR) is 101 cm³/mol. The summed E-state index contributed by atoms with van der Waals surface area (Å²) in [5.41, 5.74) is 1.51. The molecule has 0 fully saturated rings. The summed E-state index contributed by atoms with van der Waals surface area (Å²) in [7, 11) is 1.52. The van der Waals surface area contributed by atoms with Crippen LogP contribution in [0.25, 0.3) is 10.9 Å². The number of H-pyrrole nitrogens is 1. The number of fused-ring (bicyclic) bond motifs is 1. The maximum atomic E-state index is 13.3. The van der Waals surface area contributed by atoms with E-state index in [9.17, 15) is 14.0 Å². The Kier molecular flexibility index (Phi) is 5.40. The summed E-state index contributed by atoms with van der Waals surface area (Å²) in [6, 6.07) is 12.9. The topological polar surface area (TPSA) is 74.4 Å². The average Bonchev–Trinajstić information content (AvgIpc) is 3.09. The Labute approximate surface area is 155 Å². The molecule has 140 valence electrons. The van der Waals surface area contributed by atoms with Crippen LogP contribution >= 0.6 is 0 Å². The summed E-state index contributed by atoms with van der Waals surface area (Å²) in [4.78, 5) is 29.5. The highest BCUT2D eigenvalue weighted by atomic mass is 19.1. The molecule has 27 heavy (non-hydrogen) atoms. The van der Waals surface area contributed by atoms with Gasteiger partial charge in [0.15, 0.2) is 0 Å². The van der Waals surface area contributed by atoms with Gasteiger partial charge >= 0.3 is 0 Å². The van der Waals surface area contributed by atoms with E-state index in [0.717, 1.165) is 0 Å². The number of carbonyl (C=O) groups is 2. The van der Waals surface area contributed by atoms with Crippen LogP contribution in [0.2, 0.25) is 0 Å². The molecule has 0 aliphatic carbocycles. The van der Waals surface area contributed by atoms with E-state index in [4.69, 9.17) is 4.74 Å². The molecule has 2 N–H and O–H groups in total. The number of halogens is 1. The molecule has 2 aromatic carbocycles. The normalized spacial score (nSPS) is 10.6. The number of carbonyl (C=O) groups excluding carboxylic acids is 2. The van der Waals surface area contributed by atoms with Crippen LogP contribution in [0.4, 0.5) is 10.1 Å². The van der Waals surface area contributed by atoms with Crippen LogP contribution in [0.3, 0.4) is 0 Å². The van der Waals surface area contributed by atoms with Crippen LogP contribution in [-0.2, 0) is 4.79 Å². The molecule has 0 saturated carbocycles. The quantitative estimate of drug-likeness (QED) is 0.699. The number of nitrogens with zero attached hydrogens (tertiary/aromatic N) is 1. The lowest BCUT2D eigenvalue weighted by Gasteiger charge is -2.20. The molecule has 0 unspecified atom stereocenters. The lowest BCUT2D eigenvalue weighted by atomic mass is 10.2. The number of hydrogen-bond donors (Lipinski definition) is 2. The lowest BCUT2D eigenvalue weighted by molar-refractivity contribution is -0.116. The Morgan fingerprint density at radius 2 is 1.96 bits per heavy atom. The molecule has 2 amide bonds. The van der Waals surface area contributed by atoms with Crippen molar-refractivity contribution in [2.75, 3.05) is 25.5 Å². The number of para-hydroxylation sites is 2. The highest BCUT2D eigenvalue weighted by Crippen LogP contribution is 2.23. The second-order valence-electron chi connectivity index (χ2n) is 5.98. The zero-order valence-corrected chi connectivity index (χ0v) is 15.1. The number of benzene rings is 2. The standard InChI is InChI=1S/C20H20FN3O3/c1-3-24(12-19(25)23-16-6-4-5-7-18(16)27-2)20(26)17-11-13-10-14(21)8-9-15(13)22-17/h4-11,22H,3,12H2,1-2H3,(H,23,25). The minimum absolute atomic E-state index is 0.114. The minimum atomic E-state index is -0.371. The SMILES string of the molecule is CCN(CC(=O)Nc1ccccc1OC)C(=O)c1cc2cc(F)ccc2[nH]1. The van der Waals surface area contributed by atoms with Crippen LogP contribution in [-0.4, -0.2) is 41.9 Å². The van der Waals surface area contributed by atoms with Gasteiger partial charge in [-0.25, -0.2) is 4.39 Å². The maximum Gasteiger partial charge on any atom is 0.270 e. The third-order valence-corrected chi connectivity index (χ3v) is 4.20. The third-order valence-electron chi connectivity index (χ3n) is 4.20. The number of nitrogens with one attached hydrogen (secondary N) is 2. The smallest absolute Gasteiger partial charge is 0.270 e. The number of rotatable bonds is 6. The van der Waals surface area contributed by atoms with Gasteiger partial charge in [0.25, 0.3) is 5.91 Å². The molecule has 0 bridgehead atoms. The second kappa shape index (κ2) is 7.90. The van der Waals surface area contributed by atoms with Crippen LogP contribution in [0, 0.1) is 5.82 Å². The molecule has 1 heterocycles. The van der Waals surface area contributed by atoms with E-state index in [0.29, 0.717) is 34.6 Å². The van der Waals surface area contributed by atoms with Gasteiger partial charge in [-0.3, -0.25) is 9.59 Å². The second-order valence-corrected chi connectivity index (χ2v) is 5.98. The van der Waals surface area contributed by atoms with Crippen LogP contribution in [0.15, 0.2) is 48.5 Å². The Bertz CT molecular complexity index is 984. The summed E-state index contributed by atoms with van der Waals surface area (Å²) < 4.78 is 18.5. The van der Waals surface area contributed by atoms with Crippen molar-refractivity contribution in [1.82, 2.24) is 9.88 Å². The summed E-state index contributed by atoms with van der Waals surface area (Å²) in [5.74, 6) is -0.497. The summed E-state index contributed by atoms with van der Waals surface area (Å²) in [5, 5.41) is 3.35. The van der Waals surface area contributed by atoms with Gasteiger partial charge in [0.05, 0.1) is 12.8 Å². The first-order valence-electron chi connectivity index (χ1n) is 8.52. The lowest BCUT2D eigenvalue weighted by Crippen LogP contribution is -2.38. The van der Waals surface area contributed by atoms with E-state index < -0.39 is 0 Å². The molecular formula is C20H20FN3O3. The van der Waals surface area contributed by atoms with Crippen molar-refractivity contribution >= 4 is 28.4 Å². The van der Waals surface area contributed by atoms with Crippen molar-refractivity contribution in [1.29, 1.82) is 0 Å². The number of likely N-dealkylation sites (N-methyl/N-ethyl adjacent to an activating group) is 1. The minimum Gasteiger partial charge on any atom is -0.495 e. The van der Waals surface area contributed by atoms with Crippen LogP contribution in [0.5, 0.6) is 5.75 Å². The number of anilines is 1. The van der Waals surface area contributed by atoms with Crippen molar-refractivity contribution < 1.29 is 18.7 Å². The van der Waals surface area contributed by atoms with Gasteiger partial charge in [-0.05, 0) is 43.3 Å². The molecule has 0 saturated heterocycles. The summed E-state index contributed by atoms with van der Waals surface area (Å²) in [6.45, 7) is 2.02. The zero-order chi connectivity index (χ0) is 19.4. The highest BCUT2D eigenvalue weighted by Gasteiger charge is 2.20. The van der Waals surface area contributed by atoms with Gasteiger partial charge in [-0.1, -0.05) is 12.1 Å². The molecule has 0 atom stereocenters. The van der Waals surface area contributed by atoms with Gasteiger partial charge in [-0.15, -0.1) is 0 Å². The largest absolute Gasteiger partial charge is 0.495 e. The van der Waals surface area contributed by atoms with E-state index in [1.807, 2.05) is 0 Å². The molecule has 6 nitrogen and oxygen atoms in total. The monoisotopic (exact) mass is 369 g/mol. The maximum absolute atomic E-state index is 13.3. The highest BCUT2D eigenvalue weighted by molar-refractivity contribution is 6.01. The number of ether oxygens (including phenoxy) is 1. The third kappa shape index (κ3) is 4.08. The van der Waals surface area contributed by atoms with Gasteiger partial charge in [0.1, 0.15) is 23.8 Å². The zero-order valence-electron chi connectivity index (χ0n) is 15.1. The average molecular weight is 369 g/mol. The molecule has 1 aromatic heterocycles. The van der Waals surface area contributed by atoms with Crippen molar-refractivity contribution in [3.05, 3.63) is 60.0 Å². The van der Waals surface area contributed by atoms with E-state index >= 15 is 0 Å². The Morgan fingerprint density at radius 1 is 1.19 bits per heavy atom. The number of methoxy groups -OCH3 is 1. The first-order chi connectivity index (χ1) is 13.0. The first-order valence-corrected chi connectivity index (χ1v) is 8.52.